The number of benzene rings is 1. The Kier molecular flexibility index (Phi) is 2.89. The molecule has 0 spiro atoms. The molecule has 1 aliphatic rings. The number of esters is 1. The van der Waals surface area contributed by atoms with Gasteiger partial charge in [0.05, 0.1) is 12.7 Å². The van der Waals surface area contributed by atoms with E-state index < -0.39 is 28.9 Å². The van der Waals surface area contributed by atoms with E-state index in [1.165, 1.54) is 26.2 Å². The van der Waals surface area contributed by atoms with Gasteiger partial charge in [0.15, 0.2) is 5.60 Å². The summed E-state index contributed by atoms with van der Waals surface area (Å²) in [4.78, 5) is 11.6. The largest absolute Gasteiger partial charge is 0.467 e. The predicted octanol–water partition coefficient (Wildman–Crippen LogP) is 2.88. The molecular weight excluding hydrogens is 261 g/mol. The number of hydrogen-bond acceptors (Lipinski definition) is 3. The molecule has 104 valence electrons. The van der Waals surface area contributed by atoms with Crippen LogP contribution in [0, 0.1) is 0 Å². The summed E-state index contributed by atoms with van der Waals surface area (Å²) in [6.07, 6.45) is -4.43. The van der Waals surface area contributed by atoms with Crippen molar-refractivity contribution < 1.29 is 27.4 Å². The Morgan fingerprint density at radius 3 is 2.47 bits per heavy atom. The zero-order chi connectivity index (χ0) is 14.5. The van der Waals surface area contributed by atoms with E-state index in [4.69, 9.17) is 4.74 Å². The van der Waals surface area contributed by atoms with Crippen LogP contribution in [0.25, 0.3) is 0 Å². The van der Waals surface area contributed by atoms with Gasteiger partial charge >= 0.3 is 12.1 Å². The molecule has 0 saturated carbocycles. The van der Waals surface area contributed by atoms with Crippen LogP contribution in [0.1, 0.15) is 25.0 Å². The topological polar surface area (TPSA) is 38.8 Å². The van der Waals surface area contributed by atoms with Crippen molar-refractivity contribution >= 4 is 5.97 Å². The molecule has 2 atom stereocenters. The third-order valence-corrected chi connectivity index (χ3v) is 3.59. The Labute approximate surface area is 108 Å². The molecule has 0 amide bonds. The van der Waals surface area contributed by atoms with Gasteiger partial charge in [0.2, 0.25) is 0 Å². The van der Waals surface area contributed by atoms with Gasteiger partial charge in [0.25, 0.3) is 0 Å². The second kappa shape index (κ2) is 3.96. The molecule has 0 N–H and O–H groups in total. The van der Waals surface area contributed by atoms with Crippen LogP contribution >= 0.6 is 0 Å². The van der Waals surface area contributed by atoms with Crippen LogP contribution in [-0.4, -0.2) is 18.7 Å². The average molecular weight is 274 g/mol. The third kappa shape index (κ3) is 2.00. The maximum absolute atomic E-state index is 12.7. The van der Waals surface area contributed by atoms with E-state index in [1.54, 1.807) is 6.92 Å². The van der Waals surface area contributed by atoms with Gasteiger partial charge in [-0.15, -0.1) is 0 Å². The number of methoxy groups -OCH3 is 1. The van der Waals surface area contributed by atoms with Crippen molar-refractivity contribution in [2.24, 2.45) is 0 Å². The highest BCUT2D eigenvalue weighted by molar-refractivity contribution is 5.84. The first kappa shape index (κ1) is 13.9. The summed E-state index contributed by atoms with van der Waals surface area (Å²) < 4.78 is 47.9. The van der Waals surface area contributed by atoms with Crippen LogP contribution in [0.3, 0.4) is 0 Å². The first-order valence-corrected chi connectivity index (χ1v) is 5.61. The normalized spacial score (nSPS) is 30.0. The summed E-state index contributed by atoms with van der Waals surface area (Å²) in [5.41, 5.74) is -2.81. The number of carbonyl (C=O) groups is 1. The van der Waals surface area contributed by atoms with Crippen LogP contribution in [0.5, 0.6) is 0 Å². The van der Waals surface area contributed by atoms with Gasteiger partial charge in [-0.25, -0.2) is 4.79 Å². The molecule has 19 heavy (non-hydrogen) atoms. The summed E-state index contributed by atoms with van der Waals surface area (Å²) >= 11 is 0. The van der Waals surface area contributed by atoms with Gasteiger partial charge in [0, 0.05) is 0 Å². The molecule has 1 aromatic rings. The highest BCUT2D eigenvalue weighted by Gasteiger charge is 2.70. The lowest BCUT2D eigenvalue weighted by Crippen LogP contribution is -2.29. The predicted molar refractivity (Wildman–Crippen MR) is 60.3 cm³/mol. The van der Waals surface area contributed by atoms with E-state index >= 15 is 0 Å². The second-order valence-corrected chi connectivity index (χ2v) is 4.74. The molecule has 6 heteroatoms. The van der Waals surface area contributed by atoms with Gasteiger partial charge < -0.3 is 9.47 Å². The smallest absolute Gasteiger partial charge is 0.416 e. The van der Waals surface area contributed by atoms with Crippen molar-refractivity contribution in [3.8, 4) is 0 Å². The minimum atomic E-state index is -4.43. The SMILES string of the molecule is COC(=O)C1(C)OC1(C)c1cccc(C(F)(F)F)c1. The molecular formula is C13H13F3O3. The van der Waals surface area contributed by atoms with E-state index in [0.29, 0.717) is 5.56 Å². The highest BCUT2D eigenvalue weighted by atomic mass is 19.4. The minimum absolute atomic E-state index is 0.301. The fraction of sp³-hybridized carbons (Fsp3) is 0.462. The second-order valence-electron chi connectivity index (χ2n) is 4.74. The lowest BCUT2D eigenvalue weighted by Gasteiger charge is -2.13. The van der Waals surface area contributed by atoms with Crippen molar-refractivity contribution in [3.05, 3.63) is 35.4 Å². The molecule has 2 unspecified atom stereocenters. The van der Waals surface area contributed by atoms with E-state index in [0.717, 1.165) is 12.1 Å². The van der Waals surface area contributed by atoms with E-state index in [2.05, 4.69) is 4.74 Å². The molecule has 3 nitrogen and oxygen atoms in total. The number of hydrogen-bond donors (Lipinski definition) is 0. The van der Waals surface area contributed by atoms with Crippen LogP contribution in [0.4, 0.5) is 13.2 Å². The van der Waals surface area contributed by atoms with Crippen molar-refractivity contribution in [1.29, 1.82) is 0 Å². The Morgan fingerprint density at radius 1 is 1.32 bits per heavy atom. The van der Waals surface area contributed by atoms with Gasteiger partial charge in [-0.1, -0.05) is 12.1 Å². The Hall–Kier alpha value is -1.56. The van der Waals surface area contributed by atoms with Gasteiger partial charge in [0.1, 0.15) is 5.60 Å². The van der Waals surface area contributed by atoms with E-state index in [1.807, 2.05) is 0 Å². The minimum Gasteiger partial charge on any atom is -0.467 e. The molecule has 1 heterocycles. The molecule has 1 aromatic carbocycles. The van der Waals surface area contributed by atoms with Gasteiger partial charge in [-0.3, -0.25) is 0 Å². The Balaban J connectivity index is 2.37. The van der Waals surface area contributed by atoms with E-state index in [9.17, 15) is 18.0 Å². The summed E-state index contributed by atoms with van der Waals surface area (Å²) in [6, 6.07) is 4.77. The van der Waals surface area contributed by atoms with Crippen molar-refractivity contribution in [3.63, 3.8) is 0 Å². The van der Waals surface area contributed by atoms with Crippen molar-refractivity contribution in [2.75, 3.05) is 7.11 Å². The molecule has 0 radical (unpaired) electrons. The highest BCUT2D eigenvalue weighted by Crippen LogP contribution is 2.56. The first-order chi connectivity index (χ1) is 8.65. The van der Waals surface area contributed by atoms with Gasteiger partial charge in [-0.05, 0) is 31.5 Å². The maximum Gasteiger partial charge on any atom is 0.416 e. The zero-order valence-electron chi connectivity index (χ0n) is 10.7. The van der Waals surface area contributed by atoms with Crippen molar-refractivity contribution in [2.45, 2.75) is 31.2 Å². The number of alkyl halides is 3. The number of halogens is 3. The monoisotopic (exact) mass is 274 g/mol. The standard InChI is InChI=1S/C13H13F3O3/c1-11(12(2,19-11)10(17)18-3)8-5-4-6-9(7-8)13(14,15)16/h4-7H,1-3H3. The van der Waals surface area contributed by atoms with Crippen LogP contribution in [0.2, 0.25) is 0 Å². The Bertz CT molecular complexity index is 526. The maximum atomic E-state index is 12.7. The molecule has 0 aromatic heterocycles. The lowest BCUT2D eigenvalue weighted by molar-refractivity contribution is -0.146. The third-order valence-electron chi connectivity index (χ3n) is 3.59. The first-order valence-electron chi connectivity index (χ1n) is 5.61. The summed E-state index contributed by atoms with van der Waals surface area (Å²) in [5.74, 6) is -0.604. The molecule has 2 rings (SSSR count). The summed E-state index contributed by atoms with van der Waals surface area (Å²) in [5, 5.41) is 0. The molecule has 1 saturated heterocycles. The van der Waals surface area contributed by atoms with Crippen molar-refractivity contribution in [1.82, 2.24) is 0 Å². The van der Waals surface area contributed by atoms with Gasteiger partial charge in [-0.2, -0.15) is 13.2 Å². The summed E-state index contributed by atoms with van der Waals surface area (Å²) in [6.45, 7) is 3.07. The fourth-order valence-electron chi connectivity index (χ4n) is 2.14. The fourth-order valence-corrected chi connectivity index (χ4v) is 2.14. The van der Waals surface area contributed by atoms with Crippen LogP contribution in [0.15, 0.2) is 24.3 Å². The van der Waals surface area contributed by atoms with E-state index in [-0.39, 0.29) is 0 Å². The number of rotatable bonds is 2. The molecule has 0 aliphatic carbocycles. The Morgan fingerprint density at radius 2 is 1.95 bits per heavy atom. The molecule has 0 bridgehead atoms. The number of epoxide rings is 1. The van der Waals surface area contributed by atoms with Crippen LogP contribution in [-0.2, 0) is 26.0 Å². The average Bonchev–Trinajstić information content (AvgIpc) is 2.93. The summed E-state index contributed by atoms with van der Waals surface area (Å²) in [7, 11) is 1.21. The van der Waals surface area contributed by atoms with Crippen LogP contribution < -0.4 is 0 Å². The zero-order valence-corrected chi connectivity index (χ0v) is 10.7. The molecule has 1 aliphatic heterocycles. The quantitative estimate of drug-likeness (QED) is 0.615. The molecule has 1 fully saturated rings. The number of carbonyl (C=O) groups excluding carboxylic acids is 1. The lowest BCUT2D eigenvalue weighted by atomic mass is 9.88. The number of ether oxygens (including phenoxy) is 2.